The van der Waals surface area contributed by atoms with Gasteiger partial charge in [-0.25, -0.2) is 0 Å². The van der Waals surface area contributed by atoms with Gasteiger partial charge in [0.15, 0.2) is 5.82 Å². The van der Waals surface area contributed by atoms with E-state index >= 15 is 0 Å². The van der Waals surface area contributed by atoms with Gasteiger partial charge in [-0.1, -0.05) is 12.1 Å². The van der Waals surface area contributed by atoms with E-state index in [2.05, 4.69) is 36.2 Å². The van der Waals surface area contributed by atoms with Crippen molar-refractivity contribution in [1.82, 2.24) is 14.8 Å². The molecule has 0 atom stereocenters. The molecule has 0 bridgehead atoms. The van der Waals surface area contributed by atoms with E-state index < -0.39 is 5.97 Å². The Bertz CT molecular complexity index is 617. The molecule has 0 aliphatic rings. The third-order valence-electron chi connectivity index (χ3n) is 3.29. The quantitative estimate of drug-likeness (QED) is 0.913. The van der Waals surface area contributed by atoms with Crippen molar-refractivity contribution in [2.75, 3.05) is 0 Å². The number of aliphatic carboxylic acids is 1. The predicted octanol–water partition coefficient (Wildman–Crippen LogP) is 2.12. The highest BCUT2D eigenvalue weighted by Gasteiger charge is 2.12. The third kappa shape index (κ3) is 2.81. The van der Waals surface area contributed by atoms with Gasteiger partial charge in [0.05, 0.1) is 6.42 Å². The number of carboxylic acids is 1. The Kier molecular flexibility index (Phi) is 3.64. The van der Waals surface area contributed by atoms with Crippen LogP contribution in [0.5, 0.6) is 0 Å². The maximum absolute atomic E-state index is 10.6. The van der Waals surface area contributed by atoms with Crippen molar-refractivity contribution in [3.63, 3.8) is 0 Å². The lowest BCUT2D eigenvalue weighted by atomic mass is 10.1. The lowest BCUT2D eigenvalue weighted by molar-refractivity contribution is -0.137. The van der Waals surface area contributed by atoms with Crippen LogP contribution in [0.25, 0.3) is 11.4 Å². The highest BCUT2D eigenvalue weighted by molar-refractivity contribution is 5.67. The summed E-state index contributed by atoms with van der Waals surface area (Å²) in [5.74, 6) is 0.634. The van der Waals surface area contributed by atoms with Gasteiger partial charge >= 0.3 is 5.97 Å². The molecule has 0 unspecified atom stereocenters. The molecule has 0 radical (unpaired) electrons. The maximum atomic E-state index is 10.6. The van der Waals surface area contributed by atoms with E-state index in [1.807, 2.05) is 17.7 Å². The summed E-state index contributed by atoms with van der Waals surface area (Å²) in [6.07, 6.45) is 0.461. The van der Waals surface area contributed by atoms with Crippen LogP contribution in [-0.4, -0.2) is 25.8 Å². The second-order valence-corrected chi connectivity index (χ2v) is 4.69. The lowest BCUT2D eigenvalue weighted by Crippen LogP contribution is -2.04. The van der Waals surface area contributed by atoms with Crippen LogP contribution >= 0.6 is 0 Å². The van der Waals surface area contributed by atoms with Crippen molar-refractivity contribution in [1.29, 1.82) is 0 Å². The summed E-state index contributed by atoms with van der Waals surface area (Å²) in [6, 6.07) is 6.13. The first kappa shape index (κ1) is 13.3. The van der Waals surface area contributed by atoms with E-state index in [9.17, 15) is 4.79 Å². The Morgan fingerprint density at radius 1 is 1.26 bits per heavy atom. The van der Waals surface area contributed by atoms with E-state index in [1.54, 1.807) is 0 Å². The summed E-state index contributed by atoms with van der Waals surface area (Å²) < 4.78 is 1.85. The van der Waals surface area contributed by atoms with Crippen LogP contribution in [0.1, 0.15) is 23.4 Å². The van der Waals surface area contributed by atoms with Crippen LogP contribution in [0.3, 0.4) is 0 Å². The van der Waals surface area contributed by atoms with Gasteiger partial charge in [-0.15, -0.1) is 10.2 Å². The molecule has 0 saturated carbocycles. The van der Waals surface area contributed by atoms with Gasteiger partial charge in [-0.05, 0) is 31.0 Å². The topological polar surface area (TPSA) is 68.0 Å². The number of hydrogen-bond donors (Lipinski definition) is 1. The van der Waals surface area contributed by atoms with Crippen LogP contribution < -0.4 is 0 Å². The lowest BCUT2D eigenvalue weighted by Gasteiger charge is -2.06. The summed E-state index contributed by atoms with van der Waals surface area (Å²) in [5, 5.41) is 16.9. The standard InChI is InChI=1S/C14H17N3O2/c1-9-4-5-11(8-10(9)2)14-16-15-12(17(14)3)6-7-13(18)19/h4-5,8H,6-7H2,1-3H3,(H,18,19). The fourth-order valence-electron chi connectivity index (χ4n) is 1.93. The molecule has 2 rings (SSSR count). The number of aryl methyl sites for hydroxylation is 3. The van der Waals surface area contributed by atoms with Crippen molar-refractivity contribution in [3.05, 3.63) is 35.2 Å². The fraction of sp³-hybridized carbons (Fsp3) is 0.357. The van der Waals surface area contributed by atoms with Crippen LogP contribution in [0.2, 0.25) is 0 Å². The normalized spacial score (nSPS) is 10.7. The zero-order chi connectivity index (χ0) is 14.0. The minimum absolute atomic E-state index is 0.0684. The molecule has 1 heterocycles. The van der Waals surface area contributed by atoms with Gasteiger partial charge in [0.25, 0.3) is 0 Å². The number of carboxylic acid groups (broad SMARTS) is 1. The van der Waals surface area contributed by atoms with E-state index in [0.717, 1.165) is 11.4 Å². The Hall–Kier alpha value is -2.17. The molecule has 1 aromatic heterocycles. The average molecular weight is 259 g/mol. The van der Waals surface area contributed by atoms with E-state index in [-0.39, 0.29) is 6.42 Å². The van der Waals surface area contributed by atoms with Gasteiger partial charge in [-0.3, -0.25) is 4.79 Å². The van der Waals surface area contributed by atoms with E-state index in [4.69, 9.17) is 5.11 Å². The highest BCUT2D eigenvalue weighted by atomic mass is 16.4. The number of hydrogen-bond acceptors (Lipinski definition) is 3. The first-order valence-electron chi connectivity index (χ1n) is 6.16. The molecule has 0 aliphatic heterocycles. The van der Waals surface area contributed by atoms with Crippen molar-refractivity contribution < 1.29 is 9.90 Å². The zero-order valence-corrected chi connectivity index (χ0v) is 11.3. The van der Waals surface area contributed by atoms with Gasteiger partial charge in [0.1, 0.15) is 5.82 Å². The van der Waals surface area contributed by atoms with Gasteiger partial charge in [-0.2, -0.15) is 0 Å². The van der Waals surface area contributed by atoms with Gasteiger partial charge in [0.2, 0.25) is 0 Å². The summed E-state index contributed by atoms with van der Waals surface area (Å²) in [4.78, 5) is 10.6. The van der Waals surface area contributed by atoms with E-state index in [0.29, 0.717) is 12.2 Å². The molecule has 1 aromatic carbocycles. The zero-order valence-electron chi connectivity index (χ0n) is 11.3. The van der Waals surface area contributed by atoms with Gasteiger partial charge < -0.3 is 9.67 Å². The van der Waals surface area contributed by atoms with Crippen LogP contribution in [0.4, 0.5) is 0 Å². The molecule has 0 saturated heterocycles. The smallest absolute Gasteiger partial charge is 0.303 e. The van der Waals surface area contributed by atoms with E-state index in [1.165, 1.54) is 11.1 Å². The monoisotopic (exact) mass is 259 g/mol. The summed E-state index contributed by atoms with van der Waals surface area (Å²) in [6.45, 7) is 4.12. The Balaban J connectivity index is 2.30. The van der Waals surface area contributed by atoms with Crippen molar-refractivity contribution in [2.24, 2.45) is 7.05 Å². The Labute approximate surface area is 111 Å². The molecule has 0 fully saturated rings. The molecular weight excluding hydrogens is 242 g/mol. The number of rotatable bonds is 4. The van der Waals surface area contributed by atoms with Crippen LogP contribution in [0.15, 0.2) is 18.2 Å². The van der Waals surface area contributed by atoms with Crippen molar-refractivity contribution in [3.8, 4) is 11.4 Å². The third-order valence-corrected chi connectivity index (χ3v) is 3.29. The molecule has 0 spiro atoms. The number of benzene rings is 1. The summed E-state index contributed by atoms with van der Waals surface area (Å²) in [5.41, 5.74) is 3.43. The molecule has 0 aliphatic carbocycles. The molecule has 1 N–H and O–H groups in total. The molecule has 5 heteroatoms. The van der Waals surface area contributed by atoms with Crippen molar-refractivity contribution >= 4 is 5.97 Å². The fourth-order valence-corrected chi connectivity index (χ4v) is 1.93. The number of aromatic nitrogens is 3. The first-order chi connectivity index (χ1) is 8.99. The molecule has 0 amide bonds. The van der Waals surface area contributed by atoms with Gasteiger partial charge in [0, 0.05) is 19.0 Å². The SMILES string of the molecule is Cc1ccc(-c2nnc(CCC(=O)O)n2C)cc1C. The van der Waals surface area contributed by atoms with Crippen molar-refractivity contribution in [2.45, 2.75) is 26.7 Å². The first-order valence-corrected chi connectivity index (χ1v) is 6.16. The molecule has 19 heavy (non-hydrogen) atoms. The minimum Gasteiger partial charge on any atom is -0.481 e. The number of nitrogens with zero attached hydrogens (tertiary/aromatic N) is 3. The maximum Gasteiger partial charge on any atom is 0.303 e. The summed E-state index contributed by atoms with van der Waals surface area (Å²) >= 11 is 0. The second-order valence-electron chi connectivity index (χ2n) is 4.69. The van der Waals surface area contributed by atoms with Crippen LogP contribution in [-0.2, 0) is 18.3 Å². The molecular formula is C14H17N3O2. The molecule has 5 nitrogen and oxygen atoms in total. The molecule has 100 valence electrons. The largest absolute Gasteiger partial charge is 0.481 e. The highest BCUT2D eigenvalue weighted by Crippen LogP contribution is 2.20. The average Bonchev–Trinajstić information content (AvgIpc) is 2.72. The minimum atomic E-state index is -0.823. The second kappa shape index (κ2) is 5.22. The number of carbonyl (C=O) groups is 1. The van der Waals surface area contributed by atoms with Crippen LogP contribution in [0, 0.1) is 13.8 Å². The predicted molar refractivity (Wildman–Crippen MR) is 71.9 cm³/mol. The summed E-state index contributed by atoms with van der Waals surface area (Å²) in [7, 11) is 1.86. The molecule has 2 aromatic rings. The Morgan fingerprint density at radius 3 is 2.63 bits per heavy atom. The Morgan fingerprint density at radius 2 is 2.00 bits per heavy atom.